The van der Waals surface area contributed by atoms with Gasteiger partial charge in [0.1, 0.15) is 0 Å². The van der Waals surface area contributed by atoms with Gasteiger partial charge in [0, 0.05) is 12.5 Å². The van der Waals surface area contributed by atoms with E-state index in [1.165, 1.54) is 11.1 Å². The molecule has 0 aromatic heterocycles. The number of esters is 1. The Morgan fingerprint density at radius 1 is 0.964 bits per heavy atom. The minimum Gasteiger partial charge on any atom is -0.465 e. The summed E-state index contributed by atoms with van der Waals surface area (Å²) in [5.74, 6) is 1.41. The molecule has 2 aromatic carbocycles. The third kappa shape index (κ3) is 5.93. The molecule has 1 aliphatic rings. The van der Waals surface area contributed by atoms with E-state index < -0.39 is 0 Å². The monoisotopic (exact) mass is 379 g/mol. The largest absolute Gasteiger partial charge is 0.465 e. The highest BCUT2D eigenvalue weighted by atomic mass is 16.5. The molecule has 3 nitrogen and oxygen atoms in total. The molecule has 2 aromatic rings. The summed E-state index contributed by atoms with van der Waals surface area (Å²) in [5.41, 5.74) is 2.81. The van der Waals surface area contributed by atoms with Gasteiger partial charge in [-0.2, -0.15) is 0 Å². The average Bonchev–Trinajstić information content (AvgIpc) is 2.73. The van der Waals surface area contributed by atoms with E-state index in [1.807, 2.05) is 0 Å². The Kier molecular flexibility index (Phi) is 7.67. The Hall–Kier alpha value is -2.13. The van der Waals surface area contributed by atoms with E-state index in [2.05, 4.69) is 79.4 Å². The molecule has 0 spiro atoms. The van der Waals surface area contributed by atoms with Crippen molar-refractivity contribution in [3.05, 3.63) is 71.8 Å². The van der Waals surface area contributed by atoms with Gasteiger partial charge in [-0.3, -0.25) is 4.79 Å². The zero-order valence-corrected chi connectivity index (χ0v) is 17.2. The number of piperidine rings is 1. The van der Waals surface area contributed by atoms with Crippen LogP contribution in [0.5, 0.6) is 0 Å². The molecule has 1 saturated heterocycles. The zero-order valence-electron chi connectivity index (χ0n) is 17.2. The van der Waals surface area contributed by atoms with Gasteiger partial charge >= 0.3 is 5.97 Å². The van der Waals surface area contributed by atoms with E-state index in [1.54, 1.807) is 0 Å². The second-order valence-corrected chi connectivity index (χ2v) is 8.30. The molecule has 150 valence electrons. The minimum atomic E-state index is -0.0673. The molecule has 0 bridgehead atoms. The number of carbonyl (C=O) groups excluding carboxylic acids is 1. The maximum atomic E-state index is 11.9. The van der Waals surface area contributed by atoms with Crippen LogP contribution in [0.1, 0.15) is 50.2 Å². The van der Waals surface area contributed by atoms with E-state index >= 15 is 0 Å². The number of benzene rings is 2. The quantitative estimate of drug-likeness (QED) is 0.596. The SMILES string of the molecule is CC(C)COC(=O)CCN1CCC(C(c2ccccc2)c2ccccc2)CC1. The van der Waals surface area contributed by atoms with Crippen LogP contribution in [0, 0.1) is 11.8 Å². The lowest BCUT2D eigenvalue weighted by Crippen LogP contribution is -2.37. The minimum absolute atomic E-state index is 0.0673. The van der Waals surface area contributed by atoms with Gasteiger partial charge in [0.2, 0.25) is 0 Å². The van der Waals surface area contributed by atoms with Crippen LogP contribution in [-0.2, 0) is 9.53 Å². The molecule has 0 amide bonds. The van der Waals surface area contributed by atoms with Crippen molar-refractivity contribution in [1.82, 2.24) is 4.90 Å². The molecule has 1 heterocycles. The number of nitrogens with zero attached hydrogens (tertiary/aromatic N) is 1. The fourth-order valence-corrected chi connectivity index (χ4v) is 4.15. The highest BCUT2D eigenvalue weighted by molar-refractivity contribution is 5.69. The van der Waals surface area contributed by atoms with Crippen LogP contribution in [0.2, 0.25) is 0 Å². The molecule has 0 aliphatic carbocycles. The van der Waals surface area contributed by atoms with Crippen molar-refractivity contribution in [2.45, 2.75) is 39.0 Å². The van der Waals surface area contributed by atoms with Gasteiger partial charge in [-0.25, -0.2) is 0 Å². The average molecular weight is 380 g/mol. The van der Waals surface area contributed by atoms with Gasteiger partial charge in [-0.15, -0.1) is 0 Å². The lowest BCUT2D eigenvalue weighted by atomic mass is 9.76. The lowest BCUT2D eigenvalue weighted by molar-refractivity contribution is -0.145. The first-order valence-corrected chi connectivity index (χ1v) is 10.6. The van der Waals surface area contributed by atoms with Crippen molar-refractivity contribution >= 4 is 5.97 Å². The molecular formula is C25H33NO2. The molecule has 0 radical (unpaired) electrons. The predicted molar refractivity (Wildman–Crippen MR) is 114 cm³/mol. The Morgan fingerprint density at radius 2 is 1.50 bits per heavy atom. The van der Waals surface area contributed by atoms with Gasteiger partial charge in [0.15, 0.2) is 0 Å². The van der Waals surface area contributed by atoms with Crippen LogP contribution >= 0.6 is 0 Å². The molecule has 3 heteroatoms. The summed E-state index contributed by atoms with van der Waals surface area (Å²) in [6.45, 7) is 7.57. The first kappa shape index (κ1) is 20.6. The molecule has 0 N–H and O–H groups in total. The lowest BCUT2D eigenvalue weighted by Gasteiger charge is -2.36. The fraction of sp³-hybridized carbons (Fsp3) is 0.480. The van der Waals surface area contributed by atoms with Crippen molar-refractivity contribution in [3.8, 4) is 0 Å². The first-order valence-electron chi connectivity index (χ1n) is 10.6. The van der Waals surface area contributed by atoms with Gasteiger partial charge < -0.3 is 9.64 Å². The van der Waals surface area contributed by atoms with Crippen LogP contribution in [0.3, 0.4) is 0 Å². The maximum absolute atomic E-state index is 11.9. The Morgan fingerprint density at radius 3 is 2.00 bits per heavy atom. The van der Waals surface area contributed by atoms with Crippen molar-refractivity contribution in [2.24, 2.45) is 11.8 Å². The van der Waals surface area contributed by atoms with Crippen LogP contribution in [0.4, 0.5) is 0 Å². The van der Waals surface area contributed by atoms with Crippen molar-refractivity contribution in [3.63, 3.8) is 0 Å². The number of likely N-dealkylation sites (tertiary alicyclic amines) is 1. The molecule has 0 saturated carbocycles. The van der Waals surface area contributed by atoms with Crippen molar-refractivity contribution in [1.29, 1.82) is 0 Å². The number of ether oxygens (including phenoxy) is 1. The molecule has 1 aliphatic heterocycles. The van der Waals surface area contributed by atoms with E-state index in [4.69, 9.17) is 4.74 Å². The van der Waals surface area contributed by atoms with Gasteiger partial charge in [-0.05, 0) is 48.9 Å². The summed E-state index contributed by atoms with van der Waals surface area (Å²) in [7, 11) is 0. The highest BCUT2D eigenvalue weighted by Crippen LogP contribution is 2.37. The van der Waals surface area contributed by atoms with Gasteiger partial charge in [0.05, 0.1) is 13.0 Å². The van der Waals surface area contributed by atoms with Crippen LogP contribution in [0.25, 0.3) is 0 Å². The topological polar surface area (TPSA) is 29.5 Å². The standard InChI is InChI=1S/C25H33NO2/c1-20(2)19-28-24(27)15-18-26-16-13-23(14-17-26)25(21-9-5-3-6-10-21)22-11-7-4-8-12-22/h3-12,20,23,25H,13-19H2,1-2H3. The van der Waals surface area contributed by atoms with Crippen molar-refractivity contribution < 1.29 is 9.53 Å². The second-order valence-electron chi connectivity index (χ2n) is 8.30. The Balaban J connectivity index is 1.56. The zero-order chi connectivity index (χ0) is 19.8. The van der Waals surface area contributed by atoms with E-state index in [9.17, 15) is 4.79 Å². The number of hydrogen-bond donors (Lipinski definition) is 0. The summed E-state index contributed by atoms with van der Waals surface area (Å²) in [6.07, 6.45) is 2.82. The van der Waals surface area contributed by atoms with E-state index in [0.717, 1.165) is 32.5 Å². The molecule has 0 atom stereocenters. The fourth-order valence-electron chi connectivity index (χ4n) is 4.15. The summed E-state index contributed by atoms with van der Waals surface area (Å²) < 4.78 is 5.30. The molecule has 3 rings (SSSR count). The normalized spacial score (nSPS) is 15.9. The number of carbonyl (C=O) groups is 1. The van der Waals surface area contributed by atoms with Crippen LogP contribution in [0.15, 0.2) is 60.7 Å². The Labute approximate surface area is 169 Å². The van der Waals surface area contributed by atoms with Crippen molar-refractivity contribution in [2.75, 3.05) is 26.2 Å². The molecule has 1 fully saturated rings. The molecule has 0 unspecified atom stereocenters. The van der Waals surface area contributed by atoms with Gasteiger partial charge in [0.25, 0.3) is 0 Å². The maximum Gasteiger partial charge on any atom is 0.307 e. The van der Waals surface area contributed by atoms with Crippen LogP contribution < -0.4 is 0 Å². The summed E-state index contributed by atoms with van der Waals surface area (Å²) in [6, 6.07) is 21.8. The molecular weight excluding hydrogens is 346 g/mol. The third-order valence-corrected chi connectivity index (χ3v) is 5.63. The molecule has 28 heavy (non-hydrogen) atoms. The third-order valence-electron chi connectivity index (χ3n) is 5.63. The van der Waals surface area contributed by atoms with E-state index in [0.29, 0.717) is 30.8 Å². The highest BCUT2D eigenvalue weighted by Gasteiger charge is 2.28. The summed E-state index contributed by atoms with van der Waals surface area (Å²) >= 11 is 0. The van der Waals surface area contributed by atoms with Gasteiger partial charge in [-0.1, -0.05) is 74.5 Å². The second kappa shape index (κ2) is 10.4. The smallest absolute Gasteiger partial charge is 0.307 e. The number of hydrogen-bond acceptors (Lipinski definition) is 3. The van der Waals surface area contributed by atoms with Crippen LogP contribution in [-0.4, -0.2) is 37.1 Å². The predicted octanol–water partition coefficient (Wildman–Crippen LogP) is 5.12. The Bertz CT molecular complexity index is 666. The number of rotatable bonds is 8. The first-order chi connectivity index (χ1) is 13.6. The summed E-state index contributed by atoms with van der Waals surface area (Å²) in [5, 5.41) is 0. The summed E-state index contributed by atoms with van der Waals surface area (Å²) in [4.78, 5) is 14.3. The van der Waals surface area contributed by atoms with E-state index in [-0.39, 0.29) is 5.97 Å².